The molecule has 1 atom stereocenters. The summed E-state index contributed by atoms with van der Waals surface area (Å²) in [5, 5.41) is 0. The predicted octanol–water partition coefficient (Wildman–Crippen LogP) is 3.63. The standard InChI is InChI=1S/C17H28O5Si/c1-6-21-17(18)16(14-7-9-15(19-2)10-8-14)22-13-20-11-12-23(3,4)5/h7-10,16H,6,11-13H2,1-5H3/t16-/m1/s1/i2D. The molecule has 6 heteroatoms. The van der Waals surface area contributed by atoms with Gasteiger partial charge in [-0.2, -0.15) is 0 Å². The number of ether oxygens (including phenoxy) is 4. The van der Waals surface area contributed by atoms with Crippen LogP contribution in [0.15, 0.2) is 24.3 Å². The van der Waals surface area contributed by atoms with Crippen molar-refractivity contribution in [2.45, 2.75) is 38.7 Å². The van der Waals surface area contributed by atoms with E-state index in [9.17, 15) is 4.79 Å². The summed E-state index contributed by atoms with van der Waals surface area (Å²) in [5.41, 5.74) is 0.666. The Hall–Kier alpha value is -1.37. The molecule has 0 aliphatic rings. The molecule has 130 valence electrons. The maximum atomic E-state index is 12.1. The lowest BCUT2D eigenvalue weighted by molar-refractivity contribution is -0.167. The quantitative estimate of drug-likeness (QED) is 0.281. The number of benzene rings is 1. The van der Waals surface area contributed by atoms with Crippen molar-refractivity contribution < 1.29 is 25.1 Å². The van der Waals surface area contributed by atoms with Crippen molar-refractivity contribution in [3.8, 4) is 5.75 Å². The maximum absolute atomic E-state index is 12.1. The van der Waals surface area contributed by atoms with E-state index in [4.69, 9.17) is 20.3 Å². The van der Waals surface area contributed by atoms with E-state index in [-0.39, 0.29) is 20.5 Å². The van der Waals surface area contributed by atoms with Gasteiger partial charge in [0.1, 0.15) is 12.5 Å². The Morgan fingerprint density at radius 3 is 2.52 bits per heavy atom. The van der Waals surface area contributed by atoms with E-state index in [0.717, 1.165) is 6.04 Å². The third kappa shape index (κ3) is 7.63. The number of rotatable bonds is 10. The van der Waals surface area contributed by atoms with Crippen LogP contribution >= 0.6 is 0 Å². The number of methoxy groups -OCH3 is 1. The van der Waals surface area contributed by atoms with Gasteiger partial charge in [0.25, 0.3) is 0 Å². The summed E-state index contributed by atoms with van der Waals surface area (Å²) < 4.78 is 28.3. The Morgan fingerprint density at radius 2 is 1.96 bits per heavy atom. The lowest BCUT2D eigenvalue weighted by Gasteiger charge is -2.19. The molecule has 1 rings (SSSR count). The van der Waals surface area contributed by atoms with Crippen LogP contribution in [0.25, 0.3) is 0 Å². The second-order valence-electron chi connectivity index (χ2n) is 6.35. The van der Waals surface area contributed by atoms with E-state index < -0.39 is 20.1 Å². The topological polar surface area (TPSA) is 54.0 Å². The van der Waals surface area contributed by atoms with Crippen LogP contribution in [-0.2, 0) is 19.0 Å². The summed E-state index contributed by atoms with van der Waals surface area (Å²) >= 11 is 0. The first-order chi connectivity index (χ1) is 11.4. The highest BCUT2D eigenvalue weighted by Gasteiger charge is 2.23. The summed E-state index contributed by atoms with van der Waals surface area (Å²) in [6.45, 7) is 9.54. The van der Waals surface area contributed by atoms with E-state index in [0.29, 0.717) is 17.9 Å². The van der Waals surface area contributed by atoms with Crippen molar-refractivity contribution in [3.05, 3.63) is 29.8 Å². The summed E-state index contributed by atoms with van der Waals surface area (Å²) in [7, 11) is -1.30. The van der Waals surface area contributed by atoms with Crippen LogP contribution in [0.3, 0.4) is 0 Å². The molecule has 1 aromatic rings. The van der Waals surface area contributed by atoms with Gasteiger partial charge in [-0.05, 0) is 30.7 Å². The zero-order chi connectivity index (χ0) is 18.0. The minimum atomic E-state index is -1.15. The molecule has 0 amide bonds. The van der Waals surface area contributed by atoms with Crippen molar-refractivity contribution >= 4 is 14.0 Å². The molecule has 0 aliphatic carbocycles. The molecule has 0 bridgehead atoms. The Kier molecular flexibility index (Phi) is 7.58. The first kappa shape index (κ1) is 18.0. The Balaban J connectivity index is 2.62. The molecule has 0 aromatic heterocycles. The minimum absolute atomic E-state index is 0.0406. The fraction of sp³-hybridized carbons (Fsp3) is 0.588. The minimum Gasteiger partial charge on any atom is -0.497 e. The van der Waals surface area contributed by atoms with Gasteiger partial charge in [0.05, 0.1) is 15.1 Å². The zero-order valence-corrected chi connectivity index (χ0v) is 15.5. The monoisotopic (exact) mass is 341 g/mol. The van der Waals surface area contributed by atoms with Crippen LogP contribution in [0.5, 0.6) is 5.75 Å². The summed E-state index contributed by atoms with van der Waals surface area (Å²) in [6, 6.07) is 7.90. The Bertz CT molecular complexity index is 487. The molecule has 1 aromatic carbocycles. The van der Waals surface area contributed by atoms with Crippen molar-refractivity contribution in [2.75, 3.05) is 27.1 Å². The Labute approximate surface area is 141 Å². The molecular weight excluding hydrogens is 312 g/mol. The van der Waals surface area contributed by atoms with Crippen LogP contribution in [0, 0.1) is 0 Å². The normalized spacial score (nSPS) is 13.3. The third-order valence-corrected chi connectivity index (χ3v) is 4.87. The van der Waals surface area contributed by atoms with E-state index in [1.54, 1.807) is 31.2 Å². The van der Waals surface area contributed by atoms with Gasteiger partial charge in [-0.3, -0.25) is 0 Å². The highest BCUT2D eigenvalue weighted by Crippen LogP contribution is 2.22. The highest BCUT2D eigenvalue weighted by atomic mass is 28.3. The molecule has 0 unspecified atom stereocenters. The maximum Gasteiger partial charge on any atom is 0.340 e. The number of carbonyl (C=O) groups is 1. The van der Waals surface area contributed by atoms with Crippen LogP contribution in [0.4, 0.5) is 0 Å². The second kappa shape index (κ2) is 9.70. The largest absolute Gasteiger partial charge is 0.497 e. The number of esters is 1. The van der Waals surface area contributed by atoms with Crippen molar-refractivity contribution in [2.24, 2.45) is 0 Å². The van der Waals surface area contributed by atoms with Crippen LogP contribution in [0.1, 0.15) is 20.0 Å². The van der Waals surface area contributed by atoms with Gasteiger partial charge in [0.2, 0.25) is 0 Å². The lowest BCUT2D eigenvalue weighted by atomic mass is 10.1. The number of hydrogen-bond acceptors (Lipinski definition) is 5. The molecule has 0 aliphatic heterocycles. The Morgan fingerprint density at radius 1 is 1.26 bits per heavy atom. The van der Waals surface area contributed by atoms with Gasteiger partial charge in [-0.15, -0.1) is 0 Å². The van der Waals surface area contributed by atoms with Gasteiger partial charge < -0.3 is 18.9 Å². The number of hydrogen-bond donors (Lipinski definition) is 0. The van der Waals surface area contributed by atoms with E-state index in [1.807, 2.05) is 0 Å². The molecule has 0 spiro atoms. The van der Waals surface area contributed by atoms with Gasteiger partial charge >= 0.3 is 5.97 Å². The lowest BCUT2D eigenvalue weighted by Crippen LogP contribution is -2.23. The first-order valence-electron chi connectivity index (χ1n) is 8.46. The SMILES string of the molecule is [2H]COc1ccc([C@@H](OCOCC[Si](C)(C)C)C(=O)OCC)cc1. The highest BCUT2D eigenvalue weighted by molar-refractivity contribution is 6.76. The molecule has 0 radical (unpaired) electrons. The number of carbonyl (C=O) groups excluding carboxylic acids is 1. The van der Waals surface area contributed by atoms with Gasteiger partial charge in [-0.25, -0.2) is 4.79 Å². The predicted molar refractivity (Wildman–Crippen MR) is 92.4 cm³/mol. The second-order valence-corrected chi connectivity index (χ2v) is 12.0. The molecule has 0 saturated heterocycles. The molecule has 0 saturated carbocycles. The van der Waals surface area contributed by atoms with Crippen LogP contribution in [0.2, 0.25) is 25.7 Å². The fourth-order valence-corrected chi connectivity index (χ4v) is 2.57. The molecular formula is C17H28O5Si. The van der Waals surface area contributed by atoms with Crippen molar-refractivity contribution in [1.82, 2.24) is 0 Å². The van der Waals surface area contributed by atoms with E-state index >= 15 is 0 Å². The average Bonchev–Trinajstić information content (AvgIpc) is 2.51. The van der Waals surface area contributed by atoms with Gasteiger partial charge in [-0.1, -0.05) is 31.8 Å². The van der Waals surface area contributed by atoms with E-state index in [1.165, 1.54) is 0 Å². The van der Waals surface area contributed by atoms with Gasteiger partial charge in [0.15, 0.2) is 6.10 Å². The molecule has 5 nitrogen and oxygen atoms in total. The smallest absolute Gasteiger partial charge is 0.340 e. The average molecular weight is 341 g/mol. The summed E-state index contributed by atoms with van der Waals surface area (Å²) in [5.74, 6) is 0.128. The third-order valence-electron chi connectivity index (χ3n) is 3.16. The molecule has 0 N–H and O–H groups in total. The summed E-state index contributed by atoms with van der Waals surface area (Å²) in [6.07, 6.45) is -0.832. The van der Waals surface area contributed by atoms with Crippen LogP contribution in [-0.4, -0.2) is 41.1 Å². The fourth-order valence-electron chi connectivity index (χ4n) is 1.81. The van der Waals surface area contributed by atoms with Gasteiger partial charge in [0, 0.05) is 14.7 Å². The van der Waals surface area contributed by atoms with Crippen molar-refractivity contribution in [1.29, 1.82) is 0 Å². The molecule has 23 heavy (non-hydrogen) atoms. The summed E-state index contributed by atoms with van der Waals surface area (Å²) in [4.78, 5) is 12.1. The zero-order valence-electron chi connectivity index (χ0n) is 15.5. The molecule has 0 heterocycles. The van der Waals surface area contributed by atoms with E-state index in [2.05, 4.69) is 19.6 Å². The van der Waals surface area contributed by atoms with Crippen molar-refractivity contribution in [3.63, 3.8) is 0 Å². The first-order valence-corrected chi connectivity index (χ1v) is 11.5. The molecule has 0 fully saturated rings. The van der Waals surface area contributed by atoms with Crippen LogP contribution < -0.4 is 4.74 Å².